The van der Waals surface area contributed by atoms with E-state index in [1.54, 1.807) is 31.6 Å². The summed E-state index contributed by atoms with van der Waals surface area (Å²) < 4.78 is 5.41. The maximum Gasteiger partial charge on any atom is 0.278 e. The van der Waals surface area contributed by atoms with Crippen LogP contribution in [0, 0.1) is 13.8 Å². The number of anilines is 1. The molecule has 1 aromatic heterocycles. The van der Waals surface area contributed by atoms with Gasteiger partial charge in [-0.25, -0.2) is 0 Å². The van der Waals surface area contributed by atoms with E-state index >= 15 is 0 Å². The Hall–Kier alpha value is -3.93. The van der Waals surface area contributed by atoms with Crippen molar-refractivity contribution in [2.24, 2.45) is 0 Å². The molecule has 156 valence electrons. The fourth-order valence-electron chi connectivity index (χ4n) is 3.56. The van der Waals surface area contributed by atoms with Gasteiger partial charge in [0.15, 0.2) is 0 Å². The van der Waals surface area contributed by atoms with Gasteiger partial charge < -0.3 is 10.1 Å². The molecule has 1 aliphatic rings. The van der Waals surface area contributed by atoms with E-state index in [2.05, 4.69) is 10.3 Å². The Kier molecular flexibility index (Phi) is 5.54. The summed E-state index contributed by atoms with van der Waals surface area (Å²) in [5, 5.41) is 3.17. The van der Waals surface area contributed by atoms with Gasteiger partial charge in [-0.15, -0.1) is 0 Å². The number of carbonyl (C=O) groups is 2. The summed E-state index contributed by atoms with van der Waals surface area (Å²) in [5.74, 6) is -0.136. The maximum atomic E-state index is 13.4. The van der Waals surface area contributed by atoms with E-state index in [9.17, 15) is 9.59 Å². The summed E-state index contributed by atoms with van der Waals surface area (Å²) >= 11 is 0. The molecule has 4 rings (SSSR count). The molecule has 0 saturated heterocycles. The normalized spacial score (nSPS) is 13.7. The van der Waals surface area contributed by atoms with Gasteiger partial charge in [-0.2, -0.15) is 0 Å². The zero-order valence-corrected chi connectivity index (χ0v) is 17.7. The van der Waals surface area contributed by atoms with Gasteiger partial charge in [0.2, 0.25) is 0 Å². The number of aryl methyl sites for hydroxylation is 2. The molecule has 0 fully saturated rings. The molecule has 31 heavy (non-hydrogen) atoms. The number of nitrogens with one attached hydrogen (secondary N) is 1. The first-order valence-electron chi connectivity index (χ1n) is 9.96. The minimum atomic E-state index is -0.381. The number of methoxy groups -OCH3 is 1. The largest absolute Gasteiger partial charge is 0.495 e. The first-order chi connectivity index (χ1) is 15.0. The minimum Gasteiger partial charge on any atom is -0.495 e. The quantitative estimate of drug-likeness (QED) is 0.616. The lowest BCUT2D eigenvalue weighted by atomic mass is 9.99. The van der Waals surface area contributed by atoms with Crippen LogP contribution in [0.5, 0.6) is 5.75 Å². The van der Waals surface area contributed by atoms with Crippen molar-refractivity contribution in [3.05, 3.63) is 94.9 Å². The van der Waals surface area contributed by atoms with Crippen LogP contribution in [0.1, 0.15) is 22.3 Å². The molecule has 1 aliphatic heterocycles. The molecule has 0 atom stereocenters. The highest BCUT2D eigenvalue weighted by Gasteiger charge is 2.39. The third-order valence-corrected chi connectivity index (χ3v) is 5.39. The van der Waals surface area contributed by atoms with Crippen molar-refractivity contribution in [1.29, 1.82) is 0 Å². The van der Waals surface area contributed by atoms with E-state index in [-0.39, 0.29) is 24.1 Å². The van der Waals surface area contributed by atoms with Crippen molar-refractivity contribution in [1.82, 2.24) is 9.88 Å². The number of benzene rings is 2. The highest BCUT2D eigenvalue weighted by Crippen LogP contribution is 2.34. The second-order valence-electron chi connectivity index (χ2n) is 7.43. The van der Waals surface area contributed by atoms with Crippen LogP contribution in [0.2, 0.25) is 0 Å². The third-order valence-electron chi connectivity index (χ3n) is 5.39. The van der Waals surface area contributed by atoms with Gasteiger partial charge in [-0.3, -0.25) is 19.5 Å². The Balaban J connectivity index is 1.79. The van der Waals surface area contributed by atoms with Crippen molar-refractivity contribution < 1.29 is 14.3 Å². The average molecular weight is 413 g/mol. The molecule has 0 spiro atoms. The SMILES string of the molecule is COc1ccccc1NC1=C(c2ccc(C)c(C)c2)C(=O)N(Cc2cccnc2)C1=O. The number of hydrogen-bond acceptors (Lipinski definition) is 5. The Morgan fingerprint density at radius 3 is 2.48 bits per heavy atom. The number of ether oxygens (including phenoxy) is 1. The molecule has 2 amide bonds. The topological polar surface area (TPSA) is 71.5 Å². The average Bonchev–Trinajstić information content (AvgIpc) is 3.01. The number of imide groups is 1. The first kappa shape index (κ1) is 20.3. The number of pyridine rings is 1. The molecule has 0 radical (unpaired) electrons. The van der Waals surface area contributed by atoms with Crippen LogP contribution in [0.15, 0.2) is 72.7 Å². The van der Waals surface area contributed by atoms with Crippen LogP contribution < -0.4 is 10.1 Å². The predicted octanol–water partition coefficient (Wildman–Crippen LogP) is 4.10. The van der Waals surface area contributed by atoms with Crippen LogP contribution in [0.25, 0.3) is 5.57 Å². The molecule has 3 aromatic rings. The minimum absolute atomic E-state index is 0.150. The standard InChI is InChI=1S/C25H23N3O3/c1-16-10-11-19(13-17(16)2)22-23(27-20-8-4-5-9-21(20)31-3)25(30)28(24(22)29)15-18-7-6-12-26-14-18/h4-14,27H,15H2,1-3H3. The summed E-state index contributed by atoms with van der Waals surface area (Å²) in [6.45, 7) is 4.15. The Morgan fingerprint density at radius 1 is 0.968 bits per heavy atom. The number of hydrogen-bond donors (Lipinski definition) is 1. The molecule has 0 bridgehead atoms. The van der Waals surface area contributed by atoms with Gasteiger partial charge in [-0.05, 0) is 54.3 Å². The van der Waals surface area contributed by atoms with Crippen LogP contribution in [-0.4, -0.2) is 28.8 Å². The molecule has 0 aliphatic carbocycles. The van der Waals surface area contributed by atoms with Crippen LogP contribution >= 0.6 is 0 Å². The number of aromatic nitrogens is 1. The van der Waals surface area contributed by atoms with E-state index in [0.717, 1.165) is 16.7 Å². The van der Waals surface area contributed by atoms with E-state index in [0.29, 0.717) is 22.6 Å². The Bertz CT molecular complexity index is 1190. The zero-order valence-electron chi connectivity index (χ0n) is 17.7. The smallest absolute Gasteiger partial charge is 0.278 e. The molecule has 0 saturated carbocycles. The van der Waals surface area contributed by atoms with Crippen molar-refractivity contribution in [3.8, 4) is 5.75 Å². The lowest BCUT2D eigenvalue weighted by Gasteiger charge is -2.15. The predicted molar refractivity (Wildman–Crippen MR) is 119 cm³/mol. The monoisotopic (exact) mass is 413 g/mol. The molecule has 6 nitrogen and oxygen atoms in total. The van der Waals surface area contributed by atoms with Crippen molar-refractivity contribution in [2.45, 2.75) is 20.4 Å². The number of para-hydroxylation sites is 2. The van der Waals surface area contributed by atoms with Gasteiger partial charge in [0.25, 0.3) is 11.8 Å². The van der Waals surface area contributed by atoms with Gasteiger partial charge in [0, 0.05) is 12.4 Å². The number of rotatable bonds is 6. The van der Waals surface area contributed by atoms with E-state index in [1.807, 2.05) is 56.3 Å². The van der Waals surface area contributed by atoms with Crippen molar-refractivity contribution in [3.63, 3.8) is 0 Å². The lowest BCUT2D eigenvalue weighted by Crippen LogP contribution is -2.32. The highest BCUT2D eigenvalue weighted by atomic mass is 16.5. The van der Waals surface area contributed by atoms with E-state index in [4.69, 9.17) is 4.74 Å². The molecule has 2 aromatic carbocycles. The summed E-state index contributed by atoms with van der Waals surface area (Å²) in [6.07, 6.45) is 3.31. The molecule has 6 heteroatoms. The summed E-state index contributed by atoms with van der Waals surface area (Å²) in [4.78, 5) is 32.1. The first-order valence-corrected chi connectivity index (χ1v) is 9.96. The fraction of sp³-hybridized carbons (Fsp3) is 0.160. The van der Waals surface area contributed by atoms with Gasteiger partial charge in [-0.1, -0.05) is 36.4 Å². The Morgan fingerprint density at radius 2 is 1.77 bits per heavy atom. The molecular formula is C25H23N3O3. The zero-order chi connectivity index (χ0) is 22.0. The Labute approximate surface area is 181 Å². The van der Waals surface area contributed by atoms with Gasteiger partial charge in [0.1, 0.15) is 11.4 Å². The fourth-order valence-corrected chi connectivity index (χ4v) is 3.56. The number of nitrogens with zero attached hydrogens (tertiary/aromatic N) is 2. The summed E-state index contributed by atoms with van der Waals surface area (Å²) in [6, 6.07) is 16.7. The molecule has 2 heterocycles. The van der Waals surface area contributed by atoms with Crippen LogP contribution in [-0.2, 0) is 16.1 Å². The third kappa shape index (κ3) is 3.92. The second-order valence-corrected chi connectivity index (χ2v) is 7.43. The number of carbonyl (C=O) groups excluding carboxylic acids is 2. The molecule has 0 unspecified atom stereocenters. The van der Waals surface area contributed by atoms with Crippen LogP contribution in [0.3, 0.4) is 0 Å². The van der Waals surface area contributed by atoms with Crippen molar-refractivity contribution >= 4 is 23.1 Å². The van der Waals surface area contributed by atoms with Gasteiger partial charge in [0.05, 0.1) is 24.9 Å². The van der Waals surface area contributed by atoms with Gasteiger partial charge >= 0.3 is 0 Å². The summed E-state index contributed by atoms with van der Waals surface area (Å²) in [5.41, 5.74) is 4.85. The summed E-state index contributed by atoms with van der Waals surface area (Å²) in [7, 11) is 1.56. The highest BCUT2D eigenvalue weighted by molar-refractivity contribution is 6.36. The number of amides is 2. The van der Waals surface area contributed by atoms with Crippen LogP contribution in [0.4, 0.5) is 5.69 Å². The maximum absolute atomic E-state index is 13.4. The molecule has 1 N–H and O–H groups in total. The lowest BCUT2D eigenvalue weighted by molar-refractivity contribution is -0.137. The van der Waals surface area contributed by atoms with E-state index in [1.165, 1.54) is 4.90 Å². The van der Waals surface area contributed by atoms with E-state index < -0.39 is 0 Å². The second kappa shape index (κ2) is 8.44. The van der Waals surface area contributed by atoms with Crippen molar-refractivity contribution in [2.75, 3.05) is 12.4 Å². The molecular weight excluding hydrogens is 390 g/mol.